The van der Waals surface area contributed by atoms with Gasteiger partial charge >= 0.3 is 35.8 Å². The van der Waals surface area contributed by atoms with E-state index >= 15 is 0 Å². The maximum atomic E-state index is 13.0. The molecule has 20 atom stereocenters. The average Bonchev–Trinajstić information content (AvgIpc) is 1.55. The van der Waals surface area contributed by atoms with Crippen molar-refractivity contribution >= 4 is 47.4 Å². The lowest BCUT2D eigenvalue weighted by Crippen LogP contribution is -2.74. The standard InChI is InChI=1S/2C30H31NO10.C29H37N3O7/c2*1-15(32)24(16-6-4-3-5-7-16)41-28(37)23(35)22(34)27(36)39-19-10-11-30(38)20-14-17-8-9-18(33)25-21(17)29(30,26(19)40-25)12-13-31(20)2;1-16(19-5-4-12-31-19)30-13-9-23(34)37-17(2)27(35)38-21-8-10-29(36)22-15-18-6-7-20(33)25-24(18)28(29,26(21)39-25)11-14-32(22)3/h2*3-10,20,22-24,26,33-35,38H,11-14H2,1-2H3;6-8,17,19,22,26,30-31,33,36H,1,4-5,9-15H2,2-3H3/t2*20-,22-,23-,24?,26+,29+,30-;17-,19-,22+,26-,28-,29+/m110/s1. The van der Waals surface area contributed by atoms with Crippen LogP contribution in [0.3, 0.4) is 0 Å². The largest absolute Gasteiger partial charge is 0.504 e. The third-order valence-electron chi connectivity index (χ3n) is 27.5. The fraction of sp³-hybridized carbons (Fsp3) is 0.483. The van der Waals surface area contributed by atoms with Crippen molar-refractivity contribution < 1.29 is 132 Å². The number of ketones is 2. The van der Waals surface area contributed by atoms with Crippen molar-refractivity contribution in [3.63, 3.8) is 0 Å². The number of carbonyl (C=O) groups excluding carboxylic acids is 8. The normalized spacial score (nSPS) is 30.8. The van der Waals surface area contributed by atoms with Crippen LogP contribution in [-0.4, -0.2) is 257 Å². The molecule has 5 aromatic carbocycles. The van der Waals surface area contributed by atoms with E-state index < -0.39 is 141 Å². The van der Waals surface area contributed by atoms with Crippen molar-refractivity contribution in [1.29, 1.82) is 0 Å². The highest BCUT2D eigenvalue weighted by Gasteiger charge is 2.76. The number of likely N-dealkylation sites (N-methyl/N-ethyl adjacent to an activating group) is 3. The van der Waals surface area contributed by atoms with Gasteiger partial charge in [-0.2, -0.15) is 0 Å². The van der Waals surface area contributed by atoms with E-state index in [2.05, 4.69) is 31.9 Å². The zero-order valence-corrected chi connectivity index (χ0v) is 67.5. The van der Waals surface area contributed by atoms with Crippen LogP contribution in [-0.2, 0) is 102 Å². The minimum absolute atomic E-state index is 0.00283. The number of hydrogen-bond donors (Lipinski definition) is 12. The predicted octanol–water partition coefficient (Wildman–Crippen LogP) is 3.01. The number of esters is 6. The zero-order valence-electron chi connectivity index (χ0n) is 67.5. The smallest absolute Gasteiger partial charge is 0.352 e. The quantitative estimate of drug-likeness (QED) is 0.0350. The minimum atomic E-state index is -2.34. The van der Waals surface area contributed by atoms with Gasteiger partial charge in [0.1, 0.15) is 17.3 Å². The average molecular weight is 1670 g/mol. The van der Waals surface area contributed by atoms with Crippen LogP contribution in [0.5, 0.6) is 34.5 Å². The molecule has 121 heavy (non-hydrogen) atoms. The van der Waals surface area contributed by atoms with Crippen LogP contribution in [0.2, 0.25) is 0 Å². The number of aromatic hydroxyl groups is 3. The van der Waals surface area contributed by atoms with Crippen molar-refractivity contribution in [2.24, 2.45) is 0 Å². The Hall–Kier alpha value is -10.6. The first-order valence-corrected chi connectivity index (χ1v) is 40.8. The number of likely N-dealkylation sites (tertiary alicyclic amines) is 3. The van der Waals surface area contributed by atoms with Crippen LogP contribution >= 0.6 is 0 Å². The lowest BCUT2D eigenvalue weighted by atomic mass is 9.50. The number of phenols is 3. The van der Waals surface area contributed by atoms with Gasteiger partial charge in [0.05, 0.1) is 39.5 Å². The van der Waals surface area contributed by atoms with E-state index in [0.717, 1.165) is 53.9 Å². The maximum Gasteiger partial charge on any atom is 0.352 e. The molecule has 642 valence electrons. The molecule has 4 fully saturated rings. The second-order valence-corrected chi connectivity index (χ2v) is 34.0. The van der Waals surface area contributed by atoms with E-state index in [1.165, 1.54) is 45.1 Å². The number of phenolic OH excluding ortho intramolecular Hbond substituents is 3. The number of nitrogens with zero attached hydrogens (tertiary/aromatic N) is 3. The van der Waals surface area contributed by atoms with E-state index in [1.807, 2.05) is 39.3 Å². The summed E-state index contributed by atoms with van der Waals surface area (Å²) in [5.74, 6) is -6.85. The second-order valence-electron chi connectivity index (χ2n) is 34.0. The van der Waals surface area contributed by atoms with Gasteiger partial charge in [-0.1, -0.05) is 85.4 Å². The molecule has 32 nitrogen and oxygen atoms in total. The van der Waals surface area contributed by atoms with Crippen molar-refractivity contribution in [2.75, 3.05) is 53.9 Å². The van der Waals surface area contributed by atoms with Crippen LogP contribution in [0.1, 0.15) is 135 Å². The number of aliphatic hydroxyl groups excluding tert-OH is 4. The van der Waals surface area contributed by atoms with Gasteiger partial charge in [-0.15, -0.1) is 0 Å². The summed E-state index contributed by atoms with van der Waals surface area (Å²) >= 11 is 0. The highest BCUT2D eigenvalue weighted by Crippen LogP contribution is 2.69. The SMILES string of the molecule is C=C(NCCC(=O)O[C@@H](C)C(=O)OC1=CC[C@@]2(O)[C@H]3Cc4ccc(O)c5c4[C@@]2(CCN3C)[C@H]1O5)[C@@H]1CCCN1.CC(=O)C(OC(=O)[C@H](O)[C@@H](O)C(=O)OC1=CC[C@@]2(O)[C@H]3Cc4ccc(O)c5c4[C@@]2(CCN3C)[C@H]1O5)c1ccccc1.CC(=O)C(OC(=O)[C@H](O)[C@@H](O)C(=O)OC1=CC[C@@]2(O)[C@H]3Cc4ccc(O)c5c4[C@@]2(CCN3C)[C@H]1O5)c1ccccc1. The molecule has 32 heteroatoms. The van der Waals surface area contributed by atoms with E-state index in [9.17, 15) is 89.4 Å². The number of rotatable bonds is 22. The van der Waals surface area contributed by atoms with Gasteiger partial charge in [-0.25, -0.2) is 24.0 Å². The number of hydrogen-bond acceptors (Lipinski definition) is 32. The first-order chi connectivity index (χ1) is 57.6. The molecule has 7 aliphatic heterocycles. The molecule has 13 aliphatic rings. The third-order valence-corrected chi connectivity index (χ3v) is 27.5. The Balaban J connectivity index is 0.000000135. The maximum absolute atomic E-state index is 13.0. The van der Waals surface area contributed by atoms with Crippen molar-refractivity contribution in [2.45, 2.75) is 216 Å². The Labute approximate surface area is 695 Å². The monoisotopic (exact) mass is 1670 g/mol. The number of benzene rings is 5. The number of carbonyl (C=O) groups is 8. The molecule has 12 N–H and O–H groups in total. The molecule has 7 heterocycles. The summed E-state index contributed by atoms with van der Waals surface area (Å²) in [5.41, 5.74) is 0.0408. The second kappa shape index (κ2) is 31.7. The van der Waals surface area contributed by atoms with Gasteiger partial charge in [0, 0.05) is 72.4 Å². The van der Waals surface area contributed by atoms with Crippen molar-refractivity contribution in [3.05, 3.63) is 189 Å². The summed E-state index contributed by atoms with van der Waals surface area (Å²) in [4.78, 5) is 107. The molecule has 0 saturated carbocycles. The number of aliphatic hydroxyl groups is 7. The molecule has 5 aromatic rings. The highest BCUT2D eigenvalue weighted by atomic mass is 16.6. The Bertz CT molecular complexity index is 4930. The molecule has 3 spiro atoms. The summed E-state index contributed by atoms with van der Waals surface area (Å²) in [6.07, 6.45) is -5.29. The summed E-state index contributed by atoms with van der Waals surface area (Å²) in [6.45, 7) is 11.2. The van der Waals surface area contributed by atoms with Gasteiger partial charge in [-0.3, -0.25) is 14.4 Å². The van der Waals surface area contributed by atoms with Gasteiger partial charge in [0.15, 0.2) is 107 Å². The molecule has 6 bridgehead atoms. The van der Waals surface area contributed by atoms with Crippen LogP contribution in [0.15, 0.2) is 145 Å². The predicted molar refractivity (Wildman–Crippen MR) is 422 cm³/mol. The van der Waals surface area contributed by atoms with Gasteiger partial charge in [0.2, 0.25) is 0 Å². The fourth-order valence-electron chi connectivity index (χ4n) is 21.5. The van der Waals surface area contributed by atoms with E-state index in [-0.39, 0.29) is 95.9 Å². The summed E-state index contributed by atoms with van der Waals surface area (Å²) in [6, 6.07) is 26.0. The van der Waals surface area contributed by atoms with Gasteiger partial charge in [0.25, 0.3) is 0 Å². The molecular weight excluding hydrogens is 1570 g/mol. The topological polar surface area (TPSA) is 456 Å². The Morgan fingerprint density at radius 2 is 0.851 bits per heavy atom. The summed E-state index contributed by atoms with van der Waals surface area (Å²) in [5, 5.41) is 117. The van der Waals surface area contributed by atoms with Gasteiger partial charge < -0.3 is 119 Å². The first kappa shape index (κ1) is 84.0. The highest BCUT2D eigenvalue weighted by molar-refractivity contribution is 5.91. The molecular formula is C89H99N5O27. The Morgan fingerprint density at radius 1 is 0.504 bits per heavy atom. The lowest BCUT2D eigenvalue weighted by Gasteiger charge is -2.61. The molecule has 0 amide bonds. The van der Waals surface area contributed by atoms with Crippen LogP contribution in [0.4, 0.5) is 0 Å². The number of piperidine rings is 3. The molecule has 0 radical (unpaired) electrons. The zero-order chi connectivity index (χ0) is 86.1. The number of Topliss-reactive ketones (excluding diaryl/α,β-unsaturated/α-hetero) is 2. The molecule has 18 rings (SSSR count). The molecule has 4 saturated heterocycles. The lowest BCUT2D eigenvalue weighted by molar-refractivity contribution is -0.181. The summed E-state index contributed by atoms with van der Waals surface area (Å²) < 4.78 is 51.2. The van der Waals surface area contributed by atoms with E-state index in [0.29, 0.717) is 86.2 Å². The third kappa shape index (κ3) is 13.4. The first-order valence-electron chi connectivity index (χ1n) is 40.8. The molecule has 2 unspecified atom stereocenters. The van der Waals surface area contributed by atoms with Crippen molar-refractivity contribution in [1.82, 2.24) is 25.3 Å². The van der Waals surface area contributed by atoms with E-state index in [1.54, 1.807) is 72.8 Å². The van der Waals surface area contributed by atoms with Crippen molar-refractivity contribution in [3.8, 4) is 34.5 Å². The number of ether oxygens (including phenoxy) is 9. The Kier molecular flexibility index (Phi) is 22.0. The molecule has 6 aliphatic carbocycles. The van der Waals surface area contributed by atoms with Crippen LogP contribution < -0.4 is 24.8 Å². The molecule has 0 aromatic heterocycles. The van der Waals surface area contributed by atoms with E-state index in [4.69, 9.17) is 42.6 Å². The Morgan fingerprint density at radius 3 is 1.19 bits per heavy atom. The van der Waals surface area contributed by atoms with Crippen LogP contribution in [0, 0.1) is 0 Å². The van der Waals surface area contributed by atoms with Gasteiger partial charge in [-0.05, 0) is 184 Å². The minimum Gasteiger partial charge on any atom is -0.504 e. The number of nitrogens with one attached hydrogen (secondary N) is 2. The fourth-order valence-corrected chi connectivity index (χ4v) is 21.5. The van der Waals surface area contributed by atoms with Crippen LogP contribution in [0.25, 0.3) is 0 Å². The summed E-state index contributed by atoms with van der Waals surface area (Å²) in [7, 11) is 5.90.